The molecule has 0 aliphatic rings. The number of halogens is 1. The van der Waals surface area contributed by atoms with Gasteiger partial charge in [-0.3, -0.25) is 15.1 Å². The Bertz CT molecular complexity index is 1480. The van der Waals surface area contributed by atoms with Crippen molar-refractivity contribution in [3.05, 3.63) is 77.7 Å². The molecule has 4 N–H and O–H groups in total. The number of nitrogens with two attached hydrogens (primary N) is 1. The smallest absolute Gasteiger partial charge is 0.420 e. The van der Waals surface area contributed by atoms with Crippen LogP contribution in [0.3, 0.4) is 0 Å². The molecule has 0 atom stereocenters. The highest BCUT2D eigenvalue weighted by atomic mass is 35.5. The number of amidine groups is 1. The van der Waals surface area contributed by atoms with Crippen LogP contribution in [0.15, 0.2) is 60.8 Å². The van der Waals surface area contributed by atoms with Crippen molar-refractivity contribution in [3.8, 4) is 5.75 Å². The van der Waals surface area contributed by atoms with E-state index in [1.54, 1.807) is 49.5 Å². The van der Waals surface area contributed by atoms with Gasteiger partial charge in [0.25, 0.3) is 0 Å². The molecule has 11 nitrogen and oxygen atoms in total. The standard InChI is InChI=1S/C28H31N7O4.ClH/c1-4-38-25(36)14-16-35(24-7-5-6-15-31-24)28(37)39-22-13-12-21-26(18(22)2)33-23(32-21)17-34(3)20-10-8-19(9-11-20)27(29)30;/h5-13,15H,4,14,16-17H2,1-3H3,(H3,29,30)(H,32,33);1H. The number of aryl methyl sites for hydroxylation is 1. The number of imidazole rings is 1. The lowest BCUT2D eigenvalue weighted by molar-refractivity contribution is -0.142. The van der Waals surface area contributed by atoms with E-state index in [1.165, 1.54) is 4.90 Å². The third-order valence-corrected chi connectivity index (χ3v) is 6.10. The summed E-state index contributed by atoms with van der Waals surface area (Å²) in [7, 11) is 1.94. The lowest BCUT2D eigenvalue weighted by atomic mass is 10.2. The maximum Gasteiger partial charge on any atom is 0.420 e. The summed E-state index contributed by atoms with van der Waals surface area (Å²) in [6.45, 7) is 4.39. The average Bonchev–Trinajstić information content (AvgIpc) is 3.34. The fourth-order valence-electron chi connectivity index (χ4n) is 4.04. The first-order valence-corrected chi connectivity index (χ1v) is 12.5. The van der Waals surface area contributed by atoms with E-state index in [9.17, 15) is 9.59 Å². The Labute approximate surface area is 238 Å². The number of pyridine rings is 1. The number of aromatic nitrogens is 3. The zero-order chi connectivity index (χ0) is 27.9. The molecule has 210 valence electrons. The molecule has 0 unspecified atom stereocenters. The largest absolute Gasteiger partial charge is 0.466 e. The van der Waals surface area contributed by atoms with Crippen molar-refractivity contribution in [2.45, 2.75) is 26.8 Å². The monoisotopic (exact) mass is 565 g/mol. The Hall–Kier alpha value is -4.64. The molecule has 0 aliphatic carbocycles. The van der Waals surface area contributed by atoms with Crippen LogP contribution in [-0.4, -0.2) is 53.0 Å². The lowest BCUT2D eigenvalue weighted by Gasteiger charge is -2.21. The van der Waals surface area contributed by atoms with Crippen LogP contribution in [0.25, 0.3) is 11.0 Å². The van der Waals surface area contributed by atoms with Gasteiger partial charge in [-0.25, -0.2) is 14.8 Å². The van der Waals surface area contributed by atoms with E-state index >= 15 is 0 Å². The first-order valence-electron chi connectivity index (χ1n) is 12.5. The Morgan fingerprint density at radius 3 is 2.50 bits per heavy atom. The normalized spacial score (nSPS) is 10.5. The fraction of sp³-hybridized carbons (Fsp3) is 0.250. The van der Waals surface area contributed by atoms with Crippen LogP contribution in [0.1, 0.15) is 30.3 Å². The summed E-state index contributed by atoms with van der Waals surface area (Å²) in [5, 5.41) is 7.55. The molecule has 0 saturated carbocycles. The van der Waals surface area contributed by atoms with Gasteiger partial charge in [0.15, 0.2) is 0 Å². The van der Waals surface area contributed by atoms with Crippen LogP contribution in [0.2, 0.25) is 0 Å². The van der Waals surface area contributed by atoms with Crippen molar-refractivity contribution in [1.29, 1.82) is 5.41 Å². The van der Waals surface area contributed by atoms with E-state index in [0.29, 0.717) is 34.8 Å². The molecule has 4 aromatic rings. The summed E-state index contributed by atoms with van der Waals surface area (Å²) >= 11 is 0. The highest BCUT2D eigenvalue weighted by molar-refractivity contribution is 5.95. The van der Waals surface area contributed by atoms with Gasteiger partial charge in [-0.05, 0) is 62.4 Å². The number of nitrogens with one attached hydrogen (secondary N) is 2. The quantitative estimate of drug-likeness (QED) is 0.144. The second-order valence-corrected chi connectivity index (χ2v) is 8.85. The topological polar surface area (TPSA) is 151 Å². The van der Waals surface area contributed by atoms with Gasteiger partial charge in [0.2, 0.25) is 0 Å². The molecule has 0 saturated heterocycles. The van der Waals surface area contributed by atoms with Crippen molar-refractivity contribution < 1.29 is 19.1 Å². The SMILES string of the molecule is CCOC(=O)CCN(C(=O)Oc1ccc2[nH]c(CN(C)c3ccc(C(=N)N)cc3)nc2c1C)c1ccccn1.Cl. The van der Waals surface area contributed by atoms with Crippen LogP contribution < -0.4 is 20.3 Å². The van der Waals surface area contributed by atoms with Gasteiger partial charge in [-0.15, -0.1) is 12.4 Å². The number of anilines is 2. The molecule has 0 radical (unpaired) electrons. The van der Waals surface area contributed by atoms with E-state index in [4.69, 9.17) is 25.6 Å². The van der Waals surface area contributed by atoms with E-state index in [-0.39, 0.29) is 37.8 Å². The Morgan fingerprint density at radius 1 is 1.10 bits per heavy atom. The number of ether oxygens (including phenoxy) is 2. The molecule has 2 heterocycles. The maximum absolute atomic E-state index is 13.2. The number of H-pyrrole nitrogens is 1. The number of rotatable bonds is 10. The summed E-state index contributed by atoms with van der Waals surface area (Å²) in [4.78, 5) is 40.8. The van der Waals surface area contributed by atoms with Gasteiger partial charge in [0.1, 0.15) is 23.2 Å². The minimum absolute atomic E-state index is 0. The van der Waals surface area contributed by atoms with Crippen LogP contribution in [0.4, 0.5) is 16.3 Å². The number of amides is 1. The summed E-state index contributed by atoms with van der Waals surface area (Å²) in [6.07, 6.45) is 0.910. The van der Waals surface area contributed by atoms with Crippen molar-refractivity contribution in [1.82, 2.24) is 15.0 Å². The van der Waals surface area contributed by atoms with Gasteiger partial charge in [0, 0.05) is 36.6 Å². The summed E-state index contributed by atoms with van der Waals surface area (Å²) in [5.41, 5.74) is 9.35. The summed E-state index contributed by atoms with van der Waals surface area (Å²) < 4.78 is 10.8. The van der Waals surface area contributed by atoms with Crippen LogP contribution in [0, 0.1) is 12.3 Å². The Balaban J connectivity index is 0.00000441. The molecule has 2 aromatic heterocycles. The molecule has 40 heavy (non-hydrogen) atoms. The zero-order valence-corrected chi connectivity index (χ0v) is 23.3. The lowest BCUT2D eigenvalue weighted by Crippen LogP contribution is -2.36. The van der Waals surface area contributed by atoms with Gasteiger partial charge in [-0.1, -0.05) is 6.07 Å². The van der Waals surface area contributed by atoms with Crippen molar-refractivity contribution in [2.24, 2.45) is 5.73 Å². The highest BCUT2D eigenvalue weighted by Crippen LogP contribution is 2.27. The zero-order valence-electron chi connectivity index (χ0n) is 22.5. The first-order chi connectivity index (χ1) is 18.8. The Kier molecular flexibility index (Phi) is 10.0. The van der Waals surface area contributed by atoms with Crippen molar-refractivity contribution in [2.75, 3.05) is 30.0 Å². The molecule has 1 amide bonds. The Morgan fingerprint density at radius 2 is 1.85 bits per heavy atom. The predicted octanol–water partition coefficient (Wildman–Crippen LogP) is 4.57. The second kappa shape index (κ2) is 13.4. The maximum atomic E-state index is 13.2. The van der Waals surface area contributed by atoms with E-state index in [2.05, 4.69) is 9.97 Å². The number of esters is 1. The van der Waals surface area contributed by atoms with E-state index < -0.39 is 12.1 Å². The van der Waals surface area contributed by atoms with Crippen LogP contribution >= 0.6 is 12.4 Å². The molecule has 0 aliphatic heterocycles. The number of carbonyl (C=O) groups excluding carboxylic acids is 2. The minimum Gasteiger partial charge on any atom is -0.466 e. The highest BCUT2D eigenvalue weighted by Gasteiger charge is 2.22. The summed E-state index contributed by atoms with van der Waals surface area (Å²) in [5.74, 6) is 1.07. The molecule has 0 bridgehead atoms. The van der Waals surface area contributed by atoms with Gasteiger partial charge in [-0.2, -0.15) is 0 Å². The molecule has 4 rings (SSSR count). The second-order valence-electron chi connectivity index (χ2n) is 8.85. The number of benzene rings is 2. The molecule has 2 aromatic carbocycles. The minimum atomic E-state index is -0.662. The number of carbonyl (C=O) groups is 2. The van der Waals surface area contributed by atoms with Crippen molar-refractivity contribution >= 4 is 52.8 Å². The molecule has 12 heteroatoms. The predicted molar refractivity (Wildman–Crippen MR) is 157 cm³/mol. The molecule has 0 fully saturated rings. The van der Waals surface area contributed by atoms with Crippen LogP contribution in [-0.2, 0) is 16.1 Å². The number of nitrogens with zero attached hydrogens (tertiary/aromatic N) is 4. The van der Waals surface area contributed by atoms with Gasteiger partial charge < -0.3 is 25.1 Å². The van der Waals surface area contributed by atoms with E-state index in [0.717, 1.165) is 17.0 Å². The van der Waals surface area contributed by atoms with Gasteiger partial charge >= 0.3 is 12.1 Å². The van der Waals surface area contributed by atoms with E-state index in [1.807, 2.05) is 37.1 Å². The van der Waals surface area contributed by atoms with Crippen molar-refractivity contribution in [3.63, 3.8) is 0 Å². The van der Waals surface area contributed by atoms with Crippen LogP contribution in [0.5, 0.6) is 5.75 Å². The third-order valence-electron chi connectivity index (χ3n) is 6.10. The fourth-order valence-corrected chi connectivity index (χ4v) is 4.04. The number of fused-ring (bicyclic) bond motifs is 1. The number of hydrogen-bond acceptors (Lipinski definition) is 8. The number of nitrogen functional groups attached to an aromatic ring is 1. The van der Waals surface area contributed by atoms with Gasteiger partial charge in [0.05, 0.1) is 30.6 Å². The molecule has 0 spiro atoms. The molecular weight excluding hydrogens is 534 g/mol. The average molecular weight is 566 g/mol. The first kappa shape index (κ1) is 29.9. The third kappa shape index (κ3) is 7.06. The summed E-state index contributed by atoms with van der Waals surface area (Å²) in [6, 6.07) is 16.1. The number of aromatic amines is 1. The molecular formula is C28H32ClN7O4. The number of hydrogen-bond donors (Lipinski definition) is 3.